The normalized spacial score (nSPS) is 17.0. The Kier molecular flexibility index (Phi) is 9.60. The van der Waals surface area contributed by atoms with Gasteiger partial charge >= 0.3 is 0 Å². The molecule has 0 aromatic heterocycles. The molecule has 0 aliphatic carbocycles. The molecule has 146 valence electrons. The number of thioether (sulfide) groups is 1. The van der Waals surface area contributed by atoms with Crippen LogP contribution in [0.25, 0.3) is 0 Å². The molecule has 1 heterocycles. The quantitative estimate of drug-likeness (QED) is 0.396. The van der Waals surface area contributed by atoms with Crippen LogP contribution in [-0.2, 0) is 4.79 Å². The van der Waals surface area contributed by atoms with Crippen LogP contribution in [0.4, 0.5) is 0 Å². The van der Waals surface area contributed by atoms with E-state index in [1.54, 1.807) is 0 Å². The Labute approximate surface area is 165 Å². The van der Waals surface area contributed by atoms with Crippen LogP contribution in [-0.4, -0.2) is 23.1 Å². The van der Waals surface area contributed by atoms with Gasteiger partial charge in [0.05, 0.1) is 0 Å². The summed E-state index contributed by atoms with van der Waals surface area (Å²) >= 11 is 1.91. The van der Waals surface area contributed by atoms with Crippen LogP contribution in [0.3, 0.4) is 0 Å². The lowest BCUT2D eigenvalue weighted by Gasteiger charge is -2.25. The fourth-order valence-electron chi connectivity index (χ4n) is 3.82. The number of carbonyl (C=O) groups is 1. The molecule has 0 bridgehead atoms. The minimum atomic E-state index is 0.224. The third-order valence-corrected chi connectivity index (χ3v) is 6.64. The van der Waals surface area contributed by atoms with Crippen LogP contribution < -0.4 is 0 Å². The van der Waals surface area contributed by atoms with Gasteiger partial charge in [-0.25, -0.2) is 0 Å². The zero-order valence-corrected chi connectivity index (χ0v) is 17.9. The second kappa shape index (κ2) is 11.7. The third-order valence-electron chi connectivity index (χ3n) is 5.40. The standard InChI is InChI=1S/C23H37NOS/c1-4-5-6-7-8-9-10-11-12-13-22(25)24-16-17-26-23(24)21-15-14-19(2)18-20(21)3/h14-15,18,23H,4-13,16-17H2,1-3H3. The fourth-order valence-corrected chi connectivity index (χ4v) is 5.19. The number of nitrogens with zero attached hydrogens (tertiary/aromatic N) is 1. The minimum Gasteiger partial charge on any atom is -0.326 e. The first-order valence-electron chi connectivity index (χ1n) is 10.6. The second-order valence-corrected chi connectivity index (χ2v) is 8.94. The molecular weight excluding hydrogens is 338 g/mol. The van der Waals surface area contributed by atoms with Crippen molar-refractivity contribution in [2.75, 3.05) is 12.3 Å². The van der Waals surface area contributed by atoms with Crippen molar-refractivity contribution in [3.05, 3.63) is 34.9 Å². The van der Waals surface area contributed by atoms with E-state index in [1.165, 1.54) is 68.1 Å². The molecule has 0 spiro atoms. The third kappa shape index (κ3) is 6.64. The maximum Gasteiger partial charge on any atom is 0.223 e. The molecule has 1 aliphatic heterocycles. The van der Waals surface area contributed by atoms with E-state index in [2.05, 4.69) is 43.9 Å². The Balaban J connectivity index is 1.70. The molecule has 1 aromatic carbocycles. The van der Waals surface area contributed by atoms with Crippen LogP contribution >= 0.6 is 11.8 Å². The van der Waals surface area contributed by atoms with E-state index < -0.39 is 0 Å². The van der Waals surface area contributed by atoms with Crippen LogP contribution in [0.5, 0.6) is 0 Å². The molecule has 1 saturated heterocycles. The largest absolute Gasteiger partial charge is 0.326 e. The van der Waals surface area contributed by atoms with E-state index in [1.807, 2.05) is 11.8 Å². The summed E-state index contributed by atoms with van der Waals surface area (Å²) in [6, 6.07) is 6.62. The van der Waals surface area contributed by atoms with Gasteiger partial charge in [-0.3, -0.25) is 4.79 Å². The molecule has 0 saturated carbocycles. The Morgan fingerprint density at radius 3 is 2.35 bits per heavy atom. The molecule has 3 heteroatoms. The highest BCUT2D eigenvalue weighted by atomic mass is 32.2. The number of carbonyl (C=O) groups excluding carboxylic acids is 1. The van der Waals surface area contributed by atoms with Crippen molar-refractivity contribution in [3.63, 3.8) is 0 Å². The topological polar surface area (TPSA) is 20.3 Å². The number of rotatable bonds is 11. The Morgan fingerprint density at radius 1 is 1.04 bits per heavy atom. The predicted molar refractivity (Wildman–Crippen MR) is 115 cm³/mol. The lowest BCUT2D eigenvalue weighted by molar-refractivity contribution is -0.131. The molecule has 1 amide bonds. The summed E-state index contributed by atoms with van der Waals surface area (Å²) in [4.78, 5) is 14.8. The number of benzene rings is 1. The summed E-state index contributed by atoms with van der Waals surface area (Å²) in [6.45, 7) is 7.47. The number of amides is 1. The summed E-state index contributed by atoms with van der Waals surface area (Å²) in [5.41, 5.74) is 3.92. The van der Waals surface area contributed by atoms with Crippen molar-refractivity contribution in [1.29, 1.82) is 0 Å². The lowest BCUT2D eigenvalue weighted by atomic mass is 10.0. The van der Waals surface area contributed by atoms with E-state index in [0.29, 0.717) is 5.91 Å². The summed E-state index contributed by atoms with van der Waals surface area (Å²) < 4.78 is 0. The molecule has 1 fully saturated rings. The molecule has 2 rings (SSSR count). The fraction of sp³-hybridized carbons (Fsp3) is 0.696. The number of unbranched alkanes of at least 4 members (excludes halogenated alkanes) is 8. The molecule has 1 aliphatic rings. The maximum absolute atomic E-state index is 12.7. The van der Waals surface area contributed by atoms with Gasteiger partial charge in [-0.2, -0.15) is 0 Å². The highest BCUT2D eigenvalue weighted by molar-refractivity contribution is 7.99. The zero-order chi connectivity index (χ0) is 18.8. The van der Waals surface area contributed by atoms with Gasteiger partial charge < -0.3 is 4.90 Å². The molecule has 26 heavy (non-hydrogen) atoms. The molecule has 1 atom stereocenters. The number of hydrogen-bond acceptors (Lipinski definition) is 2. The van der Waals surface area contributed by atoms with Crippen molar-refractivity contribution in [2.45, 2.75) is 90.4 Å². The smallest absolute Gasteiger partial charge is 0.223 e. The van der Waals surface area contributed by atoms with E-state index >= 15 is 0 Å². The first kappa shape index (κ1) is 21.3. The van der Waals surface area contributed by atoms with Crippen LogP contribution in [0, 0.1) is 13.8 Å². The lowest BCUT2D eigenvalue weighted by Crippen LogP contribution is -2.30. The Bertz CT molecular complexity index is 557. The van der Waals surface area contributed by atoms with Gasteiger partial charge in [0.15, 0.2) is 0 Å². The summed E-state index contributed by atoms with van der Waals surface area (Å²) in [6.07, 6.45) is 12.4. The van der Waals surface area contributed by atoms with Gasteiger partial charge in [0.25, 0.3) is 0 Å². The average Bonchev–Trinajstić information content (AvgIpc) is 3.09. The number of hydrogen-bond donors (Lipinski definition) is 0. The van der Waals surface area contributed by atoms with Crippen molar-refractivity contribution in [1.82, 2.24) is 4.90 Å². The highest BCUT2D eigenvalue weighted by Crippen LogP contribution is 2.39. The first-order valence-corrected chi connectivity index (χ1v) is 11.7. The Morgan fingerprint density at radius 2 is 1.69 bits per heavy atom. The number of aryl methyl sites for hydroxylation is 2. The van der Waals surface area contributed by atoms with Crippen LogP contribution in [0.15, 0.2) is 18.2 Å². The molecular formula is C23H37NOS. The summed E-state index contributed by atoms with van der Waals surface area (Å²) in [5, 5.41) is 0.224. The van der Waals surface area contributed by atoms with Crippen molar-refractivity contribution < 1.29 is 4.79 Å². The van der Waals surface area contributed by atoms with E-state index in [9.17, 15) is 4.79 Å². The van der Waals surface area contributed by atoms with Crippen molar-refractivity contribution in [2.24, 2.45) is 0 Å². The second-order valence-electron chi connectivity index (χ2n) is 7.75. The van der Waals surface area contributed by atoms with Crippen molar-refractivity contribution >= 4 is 17.7 Å². The average molecular weight is 376 g/mol. The van der Waals surface area contributed by atoms with Crippen LogP contribution in [0.2, 0.25) is 0 Å². The first-order chi connectivity index (χ1) is 12.6. The molecule has 1 unspecified atom stereocenters. The van der Waals surface area contributed by atoms with Gasteiger partial charge in [-0.1, -0.05) is 82.1 Å². The van der Waals surface area contributed by atoms with Gasteiger partial charge in [0.1, 0.15) is 5.37 Å². The van der Waals surface area contributed by atoms with Gasteiger partial charge in [0, 0.05) is 18.7 Å². The SMILES string of the molecule is CCCCCCCCCCCC(=O)N1CCSC1c1ccc(C)cc1C. The molecule has 2 nitrogen and oxygen atoms in total. The van der Waals surface area contributed by atoms with Crippen LogP contribution in [0.1, 0.15) is 93.2 Å². The van der Waals surface area contributed by atoms with E-state index in [0.717, 1.165) is 25.1 Å². The molecule has 0 radical (unpaired) electrons. The summed E-state index contributed by atoms with van der Waals surface area (Å²) in [5.74, 6) is 1.41. The van der Waals surface area contributed by atoms with E-state index in [4.69, 9.17) is 0 Å². The highest BCUT2D eigenvalue weighted by Gasteiger charge is 2.30. The van der Waals surface area contributed by atoms with Crippen molar-refractivity contribution in [3.8, 4) is 0 Å². The van der Waals surface area contributed by atoms with Gasteiger partial charge in [-0.15, -0.1) is 11.8 Å². The zero-order valence-electron chi connectivity index (χ0n) is 17.1. The molecule has 0 N–H and O–H groups in total. The monoisotopic (exact) mass is 375 g/mol. The predicted octanol–water partition coefficient (Wildman–Crippen LogP) is 6.80. The molecule has 1 aromatic rings. The van der Waals surface area contributed by atoms with E-state index in [-0.39, 0.29) is 5.37 Å². The summed E-state index contributed by atoms with van der Waals surface area (Å²) in [7, 11) is 0. The minimum absolute atomic E-state index is 0.224. The van der Waals surface area contributed by atoms with Gasteiger partial charge in [-0.05, 0) is 31.4 Å². The van der Waals surface area contributed by atoms with Gasteiger partial charge in [0.2, 0.25) is 5.91 Å². The Hall–Kier alpha value is -0.960. The maximum atomic E-state index is 12.7.